The van der Waals surface area contributed by atoms with Crippen LogP contribution in [0.5, 0.6) is 0 Å². The molecule has 1 heterocycles. The molecule has 44 heavy (non-hydrogen) atoms. The minimum atomic E-state index is 0.639. The molecule has 0 unspecified atom stereocenters. The van der Waals surface area contributed by atoms with Crippen LogP contribution in [-0.4, -0.2) is 4.98 Å². The summed E-state index contributed by atoms with van der Waals surface area (Å²) < 4.78 is 2.41. The molecule has 1 atom stereocenters. The Balaban J connectivity index is 1.58. The minimum Gasteiger partial charge on any atom is -0.247 e. The standard InChI is InChI=1S/C42H74N2/c1-3-5-7-9-11-13-15-16-17-18-19-20-22-24-26-28-31-35-40(34-30-27-25-23-21-14-12-10-8-6-4-2)42-43-38-39-44(42)41-36-32-29-33-37-41/h29,32-33,36-40H,3-28,30-31,34-35H2,1-2H3/p+1/t40-/m0/s1. The highest BCUT2D eigenvalue weighted by molar-refractivity contribution is 5.22. The lowest BCUT2D eigenvalue weighted by molar-refractivity contribution is -0.604. The molecule has 2 rings (SSSR count). The molecule has 0 amide bonds. The Hall–Kier alpha value is -1.57. The van der Waals surface area contributed by atoms with Crippen LogP contribution >= 0.6 is 0 Å². The van der Waals surface area contributed by atoms with Gasteiger partial charge in [-0.15, -0.1) is 0 Å². The third-order valence-electron chi connectivity index (χ3n) is 9.95. The zero-order chi connectivity index (χ0) is 31.2. The fraction of sp³-hybridized carbons (Fsp3) is 0.786. The first-order valence-electron chi connectivity index (χ1n) is 20.0. The van der Waals surface area contributed by atoms with Crippen LogP contribution in [0.1, 0.15) is 218 Å². The van der Waals surface area contributed by atoms with E-state index in [2.05, 4.69) is 66.1 Å². The maximum absolute atomic E-state index is 3.66. The van der Waals surface area contributed by atoms with Crippen LogP contribution in [0.25, 0.3) is 5.69 Å². The number of hydrogen-bond acceptors (Lipinski definition) is 0. The van der Waals surface area contributed by atoms with Gasteiger partial charge >= 0.3 is 0 Å². The minimum absolute atomic E-state index is 0.639. The number of nitrogens with zero attached hydrogens (tertiary/aromatic N) is 1. The monoisotopic (exact) mass is 608 g/mol. The normalized spacial score (nSPS) is 12.2. The predicted octanol–water partition coefficient (Wildman–Crippen LogP) is 14.1. The molecule has 2 heteroatoms. The van der Waals surface area contributed by atoms with E-state index in [1.807, 2.05) is 0 Å². The van der Waals surface area contributed by atoms with Gasteiger partial charge in [0.2, 0.25) is 0 Å². The Morgan fingerprint density at radius 2 is 0.795 bits per heavy atom. The van der Waals surface area contributed by atoms with Crippen molar-refractivity contribution < 1.29 is 4.57 Å². The van der Waals surface area contributed by atoms with Crippen LogP contribution in [0.4, 0.5) is 0 Å². The van der Waals surface area contributed by atoms with Gasteiger partial charge in [-0.25, -0.2) is 4.98 Å². The van der Waals surface area contributed by atoms with Gasteiger partial charge < -0.3 is 0 Å². The van der Waals surface area contributed by atoms with Crippen molar-refractivity contribution in [3.05, 3.63) is 48.5 Å². The molecule has 1 aromatic heterocycles. The second-order valence-corrected chi connectivity index (χ2v) is 14.0. The fourth-order valence-corrected chi connectivity index (χ4v) is 7.06. The first-order chi connectivity index (χ1) is 21.9. The molecule has 0 saturated carbocycles. The molecule has 252 valence electrons. The molecule has 0 saturated heterocycles. The highest BCUT2D eigenvalue weighted by Crippen LogP contribution is 2.27. The van der Waals surface area contributed by atoms with Crippen LogP contribution in [0, 0.1) is 0 Å². The second-order valence-electron chi connectivity index (χ2n) is 14.0. The highest BCUT2D eigenvalue weighted by atomic mass is 15.1. The Labute approximate surface area is 275 Å². The van der Waals surface area contributed by atoms with Crippen molar-refractivity contribution in [3.8, 4) is 5.69 Å². The average molecular weight is 608 g/mol. The Bertz CT molecular complexity index is 840. The molecule has 2 aromatic rings. The quantitative estimate of drug-likeness (QED) is 0.0630. The Morgan fingerprint density at radius 1 is 0.455 bits per heavy atom. The summed E-state index contributed by atoms with van der Waals surface area (Å²) in [5.74, 6) is 2.06. The number of aromatic amines is 1. The Kier molecular flexibility index (Phi) is 25.3. The molecular weight excluding hydrogens is 532 g/mol. The molecule has 1 N–H and O–H groups in total. The van der Waals surface area contributed by atoms with E-state index in [1.54, 1.807) is 0 Å². The van der Waals surface area contributed by atoms with E-state index in [0.717, 1.165) is 0 Å². The SMILES string of the molecule is CCCCCCCCCCCCCCCCCCC[C@H](CCCCCCCCCCCCC)c1[nH]cc[n+]1-c1ccccc1. The number of imidazole rings is 1. The van der Waals surface area contributed by atoms with Gasteiger partial charge in [0.15, 0.2) is 0 Å². The van der Waals surface area contributed by atoms with E-state index < -0.39 is 0 Å². The van der Waals surface area contributed by atoms with Crippen LogP contribution in [0.15, 0.2) is 42.7 Å². The number of benzene rings is 1. The summed E-state index contributed by atoms with van der Waals surface area (Å²) in [6, 6.07) is 10.9. The van der Waals surface area contributed by atoms with Crippen LogP contribution in [-0.2, 0) is 0 Å². The molecule has 0 fully saturated rings. The molecule has 2 nitrogen and oxygen atoms in total. The summed E-state index contributed by atoms with van der Waals surface area (Å²) in [7, 11) is 0. The van der Waals surface area contributed by atoms with Crippen molar-refractivity contribution in [2.45, 2.75) is 212 Å². The number of aromatic nitrogens is 2. The van der Waals surface area contributed by atoms with Gasteiger partial charge in [-0.3, -0.25) is 0 Å². The lowest BCUT2D eigenvalue weighted by atomic mass is 9.93. The average Bonchev–Trinajstić information content (AvgIpc) is 3.54. The molecule has 0 radical (unpaired) electrons. The lowest BCUT2D eigenvalue weighted by Gasteiger charge is -2.14. The van der Waals surface area contributed by atoms with E-state index >= 15 is 0 Å². The van der Waals surface area contributed by atoms with Crippen molar-refractivity contribution in [2.75, 3.05) is 0 Å². The number of hydrogen-bond donors (Lipinski definition) is 1. The number of H-pyrrole nitrogens is 1. The van der Waals surface area contributed by atoms with Crippen molar-refractivity contribution in [2.24, 2.45) is 0 Å². The van der Waals surface area contributed by atoms with Gasteiger partial charge in [-0.05, 0) is 25.0 Å². The first kappa shape index (κ1) is 38.6. The summed E-state index contributed by atoms with van der Waals surface area (Å²) in [5.41, 5.74) is 1.29. The fourth-order valence-electron chi connectivity index (χ4n) is 7.06. The van der Waals surface area contributed by atoms with Gasteiger partial charge in [-0.2, -0.15) is 4.57 Å². The number of nitrogens with one attached hydrogen (secondary N) is 1. The maximum atomic E-state index is 3.66. The third kappa shape index (κ3) is 19.7. The largest absolute Gasteiger partial charge is 0.262 e. The van der Waals surface area contributed by atoms with Gasteiger partial charge in [0.25, 0.3) is 5.82 Å². The van der Waals surface area contributed by atoms with Crippen LogP contribution in [0.2, 0.25) is 0 Å². The second kappa shape index (κ2) is 28.9. The summed E-state index contributed by atoms with van der Waals surface area (Å²) in [5, 5.41) is 0. The topological polar surface area (TPSA) is 19.7 Å². The molecule has 0 aliphatic rings. The summed E-state index contributed by atoms with van der Waals surface area (Å²) in [6.07, 6.45) is 47.2. The smallest absolute Gasteiger partial charge is 0.247 e. The predicted molar refractivity (Wildman–Crippen MR) is 195 cm³/mol. The zero-order valence-electron chi connectivity index (χ0n) is 29.8. The molecule has 0 aliphatic carbocycles. The van der Waals surface area contributed by atoms with Crippen LogP contribution in [0.3, 0.4) is 0 Å². The van der Waals surface area contributed by atoms with Gasteiger partial charge in [0.1, 0.15) is 18.1 Å². The van der Waals surface area contributed by atoms with E-state index in [4.69, 9.17) is 0 Å². The van der Waals surface area contributed by atoms with Crippen molar-refractivity contribution >= 4 is 0 Å². The number of unbranched alkanes of at least 4 members (excludes halogenated alkanes) is 26. The van der Waals surface area contributed by atoms with Gasteiger partial charge in [0, 0.05) is 0 Å². The van der Waals surface area contributed by atoms with Gasteiger partial charge in [-0.1, -0.05) is 212 Å². The van der Waals surface area contributed by atoms with Crippen LogP contribution < -0.4 is 4.57 Å². The molecular formula is C42H75N2+. The van der Waals surface area contributed by atoms with E-state index in [0.29, 0.717) is 5.92 Å². The maximum Gasteiger partial charge on any atom is 0.262 e. The van der Waals surface area contributed by atoms with Crippen molar-refractivity contribution in [3.63, 3.8) is 0 Å². The highest BCUT2D eigenvalue weighted by Gasteiger charge is 2.23. The molecule has 0 spiro atoms. The summed E-state index contributed by atoms with van der Waals surface area (Å²) in [4.78, 5) is 3.66. The molecule has 0 bridgehead atoms. The summed E-state index contributed by atoms with van der Waals surface area (Å²) in [6.45, 7) is 4.62. The van der Waals surface area contributed by atoms with E-state index in [1.165, 1.54) is 204 Å². The van der Waals surface area contributed by atoms with E-state index in [9.17, 15) is 0 Å². The third-order valence-corrected chi connectivity index (χ3v) is 9.95. The molecule has 0 aliphatic heterocycles. The van der Waals surface area contributed by atoms with Gasteiger partial charge in [0.05, 0.1) is 5.92 Å². The number of rotatable bonds is 32. The van der Waals surface area contributed by atoms with Crippen molar-refractivity contribution in [1.82, 2.24) is 4.98 Å². The van der Waals surface area contributed by atoms with E-state index in [-0.39, 0.29) is 0 Å². The lowest BCUT2D eigenvalue weighted by Crippen LogP contribution is -2.34. The van der Waals surface area contributed by atoms with Crippen molar-refractivity contribution in [1.29, 1.82) is 0 Å². The molecule has 1 aromatic carbocycles. The first-order valence-corrected chi connectivity index (χ1v) is 20.0. The summed E-state index contributed by atoms with van der Waals surface area (Å²) >= 11 is 0. The number of para-hydroxylation sites is 1. The zero-order valence-corrected chi connectivity index (χ0v) is 29.8. The Morgan fingerprint density at radius 3 is 1.16 bits per heavy atom.